The summed E-state index contributed by atoms with van der Waals surface area (Å²) in [6, 6.07) is 14.8. The van der Waals surface area contributed by atoms with Crippen molar-refractivity contribution in [3.05, 3.63) is 66.2 Å². The molecule has 122 valence electrons. The van der Waals surface area contributed by atoms with Gasteiger partial charge in [-0.1, -0.05) is 42.5 Å². The van der Waals surface area contributed by atoms with E-state index in [1.54, 1.807) is 49.4 Å². The van der Waals surface area contributed by atoms with Gasteiger partial charge in [0, 0.05) is 0 Å². The summed E-state index contributed by atoms with van der Waals surface area (Å²) in [4.78, 5) is 0.127. The second-order valence-electron chi connectivity index (χ2n) is 5.25. The number of rotatable bonds is 7. The lowest BCUT2D eigenvalue weighted by Crippen LogP contribution is -2.09. The lowest BCUT2D eigenvalue weighted by Gasteiger charge is -2.07. The molecule has 0 amide bonds. The van der Waals surface area contributed by atoms with Crippen molar-refractivity contribution in [1.82, 2.24) is 0 Å². The normalized spacial score (nSPS) is 13.1. The van der Waals surface area contributed by atoms with Crippen molar-refractivity contribution in [3.8, 4) is 5.75 Å². The monoisotopic (exact) mass is 332 g/mol. The van der Waals surface area contributed by atoms with Crippen LogP contribution in [0, 0.1) is 0 Å². The molecule has 2 rings (SSSR count). The Hall–Kier alpha value is -2.11. The fraction of sp³-hybridized carbons (Fsp3) is 0.222. The average molecular weight is 332 g/mol. The van der Waals surface area contributed by atoms with Crippen molar-refractivity contribution < 1.29 is 17.7 Å². The summed E-state index contributed by atoms with van der Waals surface area (Å²) in [5, 5.41) is 9.18. The zero-order valence-electron chi connectivity index (χ0n) is 12.9. The second-order valence-corrected chi connectivity index (χ2v) is 6.79. The summed E-state index contributed by atoms with van der Waals surface area (Å²) in [5.74, 6) is 0.273. The highest BCUT2D eigenvalue weighted by Gasteiger charge is 2.15. The first-order valence-electron chi connectivity index (χ1n) is 7.41. The van der Waals surface area contributed by atoms with E-state index in [4.69, 9.17) is 4.18 Å². The number of aliphatic hydroxyl groups excluding tert-OH is 1. The van der Waals surface area contributed by atoms with Crippen molar-refractivity contribution in [1.29, 1.82) is 0 Å². The third-order valence-corrected chi connectivity index (χ3v) is 4.44. The second kappa shape index (κ2) is 7.94. The van der Waals surface area contributed by atoms with Crippen molar-refractivity contribution in [3.63, 3.8) is 0 Å². The first-order chi connectivity index (χ1) is 11.0. The first kappa shape index (κ1) is 17.2. The van der Waals surface area contributed by atoms with Gasteiger partial charge in [-0.05, 0) is 49.6 Å². The number of aliphatic hydroxyl groups is 1. The predicted octanol–water partition coefficient (Wildman–Crippen LogP) is 3.63. The SMILES string of the molecule is CC(O)CC/C=C/c1ccc(OS(=O)(=O)c2ccccc2)cc1. The number of hydrogen-bond donors (Lipinski definition) is 1. The standard InChI is InChI=1S/C18H20O4S/c1-15(19)7-5-6-8-16-11-13-17(14-12-16)22-23(20,21)18-9-3-2-4-10-18/h2-4,6,8-15,19H,5,7H2,1H3/b8-6+. The molecule has 2 aromatic carbocycles. The molecule has 0 aliphatic carbocycles. The van der Waals surface area contributed by atoms with Crippen molar-refractivity contribution in [2.45, 2.75) is 30.8 Å². The minimum absolute atomic E-state index is 0.127. The van der Waals surface area contributed by atoms with Gasteiger partial charge >= 0.3 is 10.1 Å². The molecule has 4 nitrogen and oxygen atoms in total. The van der Waals surface area contributed by atoms with Crippen LogP contribution in [0.3, 0.4) is 0 Å². The van der Waals surface area contributed by atoms with E-state index in [1.165, 1.54) is 12.1 Å². The molecule has 5 heteroatoms. The Morgan fingerprint density at radius 2 is 1.74 bits per heavy atom. The molecule has 23 heavy (non-hydrogen) atoms. The molecular formula is C18H20O4S. The van der Waals surface area contributed by atoms with Crippen LogP contribution in [0.25, 0.3) is 6.08 Å². The van der Waals surface area contributed by atoms with Crippen LogP contribution in [0.1, 0.15) is 25.3 Å². The van der Waals surface area contributed by atoms with Crippen LogP contribution in [0.2, 0.25) is 0 Å². The molecule has 0 saturated carbocycles. The molecule has 0 aliphatic heterocycles. The Bertz CT molecular complexity index is 732. The van der Waals surface area contributed by atoms with Crippen LogP contribution in [0.15, 0.2) is 65.6 Å². The Labute approximate surface area is 137 Å². The number of benzene rings is 2. The van der Waals surface area contributed by atoms with Gasteiger partial charge in [0.25, 0.3) is 0 Å². The Morgan fingerprint density at radius 1 is 1.09 bits per heavy atom. The Morgan fingerprint density at radius 3 is 2.35 bits per heavy atom. The first-order valence-corrected chi connectivity index (χ1v) is 8.82. The smallest absolute Gasteiger partial charge is 0.339 e. The zero-order valence-corrected chi connectivity index (χ0v) is 13.7. The quantitative estimate of drug-likeness (QED) is 0.787. The maximum atomic E-state index is 12.1. The molecule has 1 atom stereocenters. The molecule has 0 aliphatic rings. The van der Waals surface area contributed by atoms with E-state index in [0.29, 0.717) is 6.42 Å². The van der Waals surface area contributed by atoms with Gasteiger partial charge in [-0.3, -0.25) is 0 Å². The van der Waals surface area contributed by atoms with E-state index >= 15 is 0 Å². The highest BCUT2D eigenvalue weighted by atomic mass is 32.2. The zero-order chi connectivity index (χ0) is 16.7. The van der Waals surface area contributed by atoms with Gasteiger partial charge in [0.15, 0.2) is 0 Å². The largest absolute Gasteiger partial charge is 0.393 e. The average Bonchev–Trinajstić information content (AvgIpc) is 2.53. The van der Waals surface area contributed by atoms with Gasteiger partial charge < -0.3 is 9.29 Å². The van der Waals surface area contributed by atoms with Gasteiger partial charge in [-0.2, -0.15) is 8.42 Å². The third kappa shape index (κ3) is 5.54. The lowest BCUT2D eigenvalue weighted by atomic mass is 10.1. The topological polar surface area (TPSA) is 63.6 Å². The highest BCUT2D eigenvalue weighted by molar-refractivity contribution is 7.87. The Balaban J connectivity index is 2.00. The highest BCUT2D eigenvalue weighted by Crippen LogP contribution is 2.19. The molecule has 0 saturated heterocycles. The summed E-state index contributed by atoms with van der Waals surface area (Å²) >= 11 is 0. The van der Waals surface area contributed by atoms with E-state index in [2.05, 4.69) is 0 Å². The van der Waals surface area contributed by atoms with Gasteiger partial charge in [0.2, 0.25) is 0 Å². The van der Waals surface area contributed by atoms with E-state index in [0.717, 1.165) is 12.0 Å². The third-order valence-electron chi connectivity index (χ3n) is 3.18. The lowest BCUT2D eigenvalue weighted by molar-refractivity contribution is 0.186. The molecule has 0 heterocycles. The van der Waals surface area contributed by atoms with Crippen molar-refractivity contribution in [2.24, 2.45) is 0 Å². The van der Waals surface area contributed by atoms with Crippen molar-refractivity contribution >= 4 is 16.2 Å². The maximum absolute atomic E-state index is 12.1. The number of allylic oxidation sites excluding steroid dienone is 1. The van der Waals surface area contributed by atoms with Gasteiger partial charge in [0.1, 0.15) is 10.6 Å². The molecule has 1 unspecified atom stereocenters. The molecule has 0 radical (unpaired) electrons. The molecule has 0 bridgehead atoms. The van der Waals surface area contributed by atoms with E-state index in [-0.39, 0.29) is 16.7 Å². The summed E-state index contributed by atoms with van der Waals surface area (Å²) < 4.78 is 29.3. The summed E-state index contributed by atoms with van der Waals surface area (Å²) in [6.45, 7) is 1.76. The summed E-state index contributed by atoms with van der Waals surface area (Å²) in [6.07, 6.45) is 5.10. The van der Waals surface area contributed by atoms with Crippen LogP contribution < -0.4 is 4.18 Å². The molecule has 1 N–H and O–H groups in total. The predicted molar refractivity (Wildman–Crippen MR) is 90.6 cm³/mol. The summed E-state index contributed by atoms with van der Waals surface area (Å²) in [7, 11) is -3.80. The molecule has 2 aromatic rings. The van der Waals surface area contributed by atoms with E-state index in [1.807, 2.05) is 12.2 Å². The Kier molecular flexibility index (Phi) is 5.96. The fourth-order valence-corrected chi connectivity index (χ4v) is 2.90. The van der Waals surface area contributed by atoms with Gasteiger partial charge in [0.05, 0.1) is 6.10 Å². The van der Waals surface area contributed by atoms with Crippen LogP contribution in [0.5, 0.6) is 5.75 Å². The number of hydrogen-bond acceptors (Lipinski definition) is 4. The van der Waals surface area contributed by atoms with Crippen LogP contribution in [-0.2, 0) is 10.1 Å². The maximum Gasteiger partial charge on any atom is 0.339 e. The van der Waals surface area contributed by atoms with Gasteiger partial charge in [-0.25, -0.2) is 0 Å². The molecule has 0 aromatic heterocycles. The minimum Gasteiger partial charge on any atom is -0.393 e. The van der Waals surface area contributed by atoms with Crippen LogP contribution in [-0.4, -0.2) is 19.6 Å². The summed E-state index contributed by atoms with van der Waals surface area (Å²) in [5.41, 5.74) is 0.944. The van der Waals surface area contributed by atoms with Crippen molar-refractivity contribution in [2.75, 3.05) is 0 Å². The van der Waals surface area contributed by atoms with E-state index < -0.39 is 10.1 Å². The minimum atomic E-state index is -3.80. The molecule has 0 fully saturated rings. The van der Waals surface area contributed by atoms with E-state index in [9.17, 15) is 13.5 Å². The molecular weight excluding hydrogens is 312 g/mol. The van der Waals surface area contributed by atoms with Crippen LogP contribution in [0.4, 0.5) is 0 Å². The van der Waals surface area contributed by atoms with Crippen LogP contribution >= 0.6 is 0 Å². The fourth-order valence-electron chi connectivity index (χ4n) is 1.95. The van der Waals surface area contributed by atoms with Gasteiger partial charge in [-0.15, -0.1) is 0 Å². The molecule has 0 spiro atoms.